The normalized spacial score (nSPS) is 16.7. The van der Waals surface area contributed by atoms with Gasteiger partial charge >= 0.3 is 7.82 Å². The Hall–Kier alpha value is 1.61. The molecule has 128 valence electrons. The fourth-order valence-electron chi connectivity index (χ4n) is 1.15. The van der Waals surface area contributed by atoms with E-state index in [2.05, 4.69) is 31.9 Å². The summed E-state index contributed by atoms with van der Waals surface area (Å²) in [6.45, 7) is 4.19. The first-order chi connectivity index (χ1) is 9.87. The maximum Gasteiger partial charge on any atom is 0.476 e. The van der Waals surface area contributed by atoms with Crippen LogP contribution in [0.4, 0.5) is 0 Å². The van der Waals surface area contributed by atoms with Gasteiger partial charge in [0.15, 0.2) is 0 Å². The van der Waals surface area contributed by atoms with Crippen molar-refractivity contribution in [1.29, 1.82) is 0 Å². The second kappa shape index (κ2) is 12.0. The lowest BCUT2D eigenvalue weighted by atomic mass is 9.98. The van der Waals surface area contributed by atoms with E-state index in [1.165, 1.54) is 6.92 Å². The third-order valence-corrected chi connectivity index (χ3v) is 7.10. The van der Waals surface area contributed by atoms with E-state index >= 15 is 0 Å². The summed E-state index contributed by atoms with van der Waals surface area (Å²) < 4.78 is 32.7. The fourth-order valence-corrected chi connectivity index (χ4v) is 4.98. The lowest BCUT2D eigenvalue weighted by Crippen LogP contribution is -2.33. The van der Waals surface area contributed by atoms with E-state index in [0.29, 0.717) is 23.1 Å². The Kier molecular flexibility index (Phi) is 13.0. The van der Waals surface area contributed by atoms with Crippen molar-refractivity contribution in [3.63, 3.8) is 0 Å². The van der Waals surface area contributed by atoms with E-state index < -0.39 is 13.4 Å². The predicted molar refractivity (Wildman–Crippen MR) is 93.1 cm³/mol. The largest absolute Gasteiger partial charge is 0.476 e. The van der Waals surface area contributed by atoms with Crippen LogP contribution in [0.3, 0.4) is 0 Å². The molecule has 0 aliphatic carbocycles. The minimum atomic E-state index is -3.63. The third kappa shape index (κ3) is 9.48. The van der Waals surface area contributed by atoms with Gasteiger partial charge in [0.05, 0.1) is 26.4 Å². The molecule has 0 spiro atoms. The van der Waals surface area contributed by atoms with E-state index in [1.807, 2.05) is 0 Å². The zero-order chi connectivity index (χ0) is 16.4. The van der Waals surface area contributed by atoms with Crippen LogP contribution < -0.4 is 0 Å². The van der Waals surface area contributed by atoms with Crippen LogP contribution in [0.1, 0.15) is 13.8 Å². The number of phosphoric ester groups is 1. The SMILES string of the molecule is CCOP(=O)(OCCOCC(CCl)(CBr)CBr)OC(C)Cl. The van der Waals surface area contributed by atoms with Gasteiger partial charge in [-0.1, -0.05) is 43.5 Å². The molecule has 0 bridgehead atoms. The van der Waals surface area contributed by atoms with Gasteiger partial charge < -0.3 is 4.74 Å². The lowest BCUT2D eigenvalue weighted by molar-refractivity contribution is 0.0388. The Labute approximate surface area is 153 Å². The highest BCUT2D eigenvalue weighted by Gasteiger charge is 2.29. The molecule has 0 saturated carbocycles. The smallest absolute Gasteiger partial charge is 0.378 e. The van der Waals surface area contributed by atoms with E-state index in [-0.39, 0.29) is 25.2 Å². The van der Waals surface area contributed by atoms with E-state index in [4.69, 9.17) is 41.5 Å². The molecule has 0 aromatic rings. The zero-order valence-electron chi connectivity index (χ0n) is 12.0. The number of hydrogen-bond acceptors (Lipinski definition) is 5. The van der Waals surface area contributed by atoms with Crippen molar-refractivity contribution in [2.75, 3.05) is 43.0 Å². The molecule has 0 radical (unpaired) electrons. The van der Waals surface area contributed by atoms with Crippen LogP contribution in [0.5, 0.6) is 0 Å². The molecule has 0 rings (SSSR count). The molecule has 0 amide bonds. The van der Waals surface area contributed by atoms with Gasteiger partial charge in [0.25, 0.3) is 0 Å². The zero-order valence-corrected chi connectivity index (χ0v) is 17.6. The molecule has 2 atom stereocenters. The van der Waals surface area contributed by atoms with Crippen LogP contribution in [0, 0.1) is 5.41 Å². The van der Waals surface area contributed by atoms with Crippen molar-refractivity contribution in [3.8, 4) is 0 Å². The Morgan fingerprint density at radius 1 is 1.24 bits per heavy atom. The lowest BCUT2D eigenvalue weighted by Gasteiger charge is -2.27. The molecule has 5 nitrogen and oxygen atoms in total. The Morgan fingerprint density at radius 3 is 2.29 bits per heavy atom. The highest BCUT2D eigenvalue weighted by Crippen LogP contribution is 2.50. The van der Waals surface area contributed by atoms with Crippen LogP contribution in [-0.4, -0.2) is 48.5 Å². The van der Waals surface area contributed by atoms with E-state index in [0.717, 1.165) is 0 Å². The standard InChI is InChI=1S/C11H21Br2Cl2O5P/c1-3-18-21(16,20-10(2)15)19-5-4-17-9-11(6-12,7-13)8-14/h10H,3-9H2,1-2H3. The molecule has 0 fully saturated rings. The first-order valence-corrected chi connectivity index (χ1v) is 11.0. The van der Waals surface area contributed by atoms with Crippen molar-refractivity contribution < 1.29 is 22.9 Å². The van der Waals surface area contributed by atoms with Gasteiger partial charge in [0.2, 0.25) is 0 Å². The number of alkyl halides is 4. The number of phosphoric acid groups is 1. The molecule has 10 heteroatoms. The van der Waals surface area contributed by atoms with E-state index in [1.54, 1.807) is 6.92 Å². The average molecular weight is 495 g/mol. The Bertz CT molecular complexity index is 311. The van der Waals surface area contributed by atoms with Gasteiger partial charge in [0.1, 0.15) is 5.56 Å². The number of rotatable bonds is 13. The highest BCUT2D eigenvalue weighted by atomic mass is 79.9. The van der Waals surface area contributed by atoms with Gasteiger partial charge in [-0.15, -0.1) is 11.6 Å². The highest BCUT2D eigenvalue weighted by molar-refractivity contribution is 9.09. The molecule has 0 aromatic heterocycles. The summed E-state index contributed by atoms with van der Waals surface area (Å²) in [6.07, 6.45) is 0. The Balaban J connectivity index is 4.14. The topological polar surface area (TPSA) is 54.0 Å². The molecule has 0 aliphatic rings. The van der Waals surface area contributed by atoms with Gasteiger partial charge in [-0.3, -0.25) is 13.6 Å². The first kappa shape index (κ1) is 22.6. The average Bonchev–Trinajstić information content (AvgIpc) is 2.43. The van der Waals surface area contributed by atoms with Crippen molar-refractivity contribution in [3.05, 3.63) is 0 Å². The summed E-state index contributed by atoms with van der Waals surface area (Å²) in [5.41, 5.74) is -0.958. The third-order valence-electron chi connectivity index (χ3n) is 2.30. The monoisotopic (exact) mass is 492 g/mol. The predicted octanol–water partition coefficient (Wildman–Crippen LogP) is 4.78. The van der Waals surface area contributed by atoms with Crippen molar-refractivity contribution in [2.24, 2.45) is 5.41 Å². The second-order valence-corrected chi connectivity index (χ2v) is 7.93. The minimum absolute atomic E-state index is 0.0732. The Morgan fingerprint density at radius 2 is 1.86 bits per heavy atom. The molecule has 0 aliphatic heterocycles. The summed E-state index contributed by atoms with van der Waals surface area (Å²) in [5, 5.41) is 1.42. The van der Waals surface area contributed by atoms with Crippen LogP contribution in [0.25, 0.3) is 0 Å². The van der Waals surface area contributed by atoms with Crippen LogP contribution in [-0.2, 0) is 22.9 Å². The molecule has 0 heterocycles. The summed E-state index contributed by atoms with van der Waals surface area (Å²) >= 11 is 18.4. The van der Waals surface area contributed by atoms with Gasteiger partial charge in [-0.25, -0.2) is 4.57 Å². The van der Waals surface area contributed by atoms with Crippen LogP contribution in [0.15, 0.2) is 0 Å². The van der Waals surface area contributed by atoms with Crippen LogP contribution in [0.2, 0.25) is 0 Å². The maximum absolute atomic E-state index is 12.1. The van der Waals surface area contributed by atoms with Gasteiger partial charge in [0, 0.05) is 22.0 Å². The van der Waals surface area contributed by atoms with Crippen molar-refractivity contribution >= 4 is 62.9 Å². The molecule has 0 aromatic carbocycles. The van der Waals surface area contributed by atoms with Crippen molar-refractivity contribution in [2.45, 2.75) is 19.4 Å². The molecule has 21 heavy (non-hydrogen) atoms. The summed E-state index contributed by atoms with van der Waals surface area (Å²) in [5.74, 6) is 0.453. The van der Waals surface area contributed by atoms with Crippen molar-refractivity contribution in [1.82, 2.24) is 0 Å². The molecule has 0 N–H and O–H groups in total. The number of ether oxygens (including phenoxy) is 1. The maximum atomic E-state index is 12.1. The van der Waals surface area contributed by atoms with Gasteiger partial charge in [-0.2, -0.15) is 0 Å². The summed E-state index contributed by atoms with van der Waals surface area (Å²) in [6, 6.07) is 0. The molecule has 2 unspecified atom stereocenters. The van der Waals surface area contributed by atoms with Gasteiger partial charge in [-0.05, 0) is 13.8 Å². The number of halogens is 4. The second-order valence-electron chi connectivity index (χ2n) is 4.30. The summed E-state index contributed by atoms with van der Waals surface area (Å²) in [4.78, 5) is 0. The number of hydrogen-bond donors (Lipinski definition) is 0. The first-order valence-electron chi connectivity index (χ1n) is 6.34. The van der Waals surface area contributed by atoms with Crippen LogP contribution >= 0.6 is 62.9 Å². The quantitative estimate of drug-likeness (QED) is 0.209. The summed E-state index contributed by atoms with van der Waals surface area (Å²) in [7, 11) is -3.63. The molecular weight excluding hydrogens is 474 g/mol. The molecule has 0 saturated heterocycles. The molecular formula is C11H21Br2Cl2O5P. The minimum Gasteiger partial charge on any atom is -0.378 e. The van der Waals surface area contributed by atoms with E-state index in [9.17, 15) is 4.57 Å². The fraction of sp³-hybridized carbons (Fsp3) is 1.00.